The highest BCUT2D eigenvalue weighted by Crippen LogP contribution is 2.43. The van der Waals surface area contributed by atoms with Crippen LogP contribution in [0.5, 0.6) is 23.0 Å². The van der Waals surface area contributed by atoms with Gasteiger partial charge in [-0.15, -0.1) is 10.2 Å². The summed E-state index contributed by atoms with van der Waals surface area (Å²) in [5.74, 6) is 1.03. The van der Waals surface area contributed by atoms with Crippen molar-refractivity contribution in [1.29, 1.82) is 0 Å². The number of ketones is 2. The Morgan fingerprint density at radius 1 is 0.607 bits per heavy atom. The van der Waals surface area contributed by atoms with Crippen molar-refractivity contribution in [2.75, 3.05) is 28.4 Å². The first-order chi connectivity index (χ1) is 13.4. The van der Waals surface area contributed by atoms with E-state index in [1.165, 1.54) is 42.3 Å². The molecular formula is C20H22N2O6. The van der Waals surface area contributed by atoms with E-state index in [-0.39, 0.29) is 11.6 Å². The number of hydrogen-bond acceptors (Lipinski definition) is 8. The first kappa shape index (κ1) is 20.9. The van der Waals surface area contributed by atoms with Crippen LogP contribution in [0.15, 0.2) is 34.5 Å². The lowest BCUT2D eigenvalue weighted by molar-refractivity contribution is 0.100. The van der Waals surface area contributed by atoms with Gasteiger partial charge in [0.05, 0.1) is 28.4 Å². The Kier molecular flexibility index (Phi) is 6.70. The first-order valence-corrected chi connectivity index (χ1v) is 8.31. The Balaban J connectivity index is 2.62. The molecule has 0 saturated carbocycles. The number of azo groups is 1. The van der Waals surface area contributed by atoms with Gasteiger partial charge < -0.3 is 18.9 Å². The second-order valence-electron chi connectivity index (χ2n) is 5.77. The maximum absolute atomic E-state index is 11.7. The number of rotatable bonds is 8. The molecule has 148 valence electrons. The van der Waals surface area contributed by atoms with E-state index < -0.39 is 0 Å². The third kappa shape index (κ3) is 4.28. The van der Waals surface area contributed by atoms with Crippen molar-refractivity contribution in [2.24, 2.45) is 10.2 Å². The molecule has 28 heavy (non-hydrogen) atoms. The van der Waals surface area contributed by atoms with Gasteiger partial charge in [0.15, 0.2) is 45.9 Å². The summed E-state index contributed by atoms with van der Waals surface area (Å²) < 4.78 is 21.4. The van der Waals surface area contributed by atoms with Crippen LogP contribution in [0.25, 0.3) is 0 Å². The van der Waals surface area contributed by atoms with E-state index in [4.69, 9.17) is 18.9 Å². The average Bonchev–Trinajstić information content (AvgIpc) is 2.70. The number of nitrogens with zero attached hydrogens (tertiary/aromatic N) is 2. The summed E-state index contributed by atoms with van der Waals surface area (Å²) in [6.45, 7) is 2.89. The molecule has 0 bridgehead atoms. The smallest absolute Gasteiger partial charge is 0.169 e. The summed E-state index contributed by atoms with van der Waals surface area (Å²) in [6.07, 6.45) is 0. The highest BCUT2D eigenvalue weighted by molar-refractivity contribution is 5.96. The molecule has 8 heteroatoms. The minimum atomic E-state index is -0.136. The van der Waals surface area contributed by atoms with Crippen LogP contribution in [-0.2, 0) is 0 Å². The van der Waals surface area contributed by atoms with Crippen LogP contribution in [0.1, 0.15) is 34.6 Å². The third-order valence-corrected chi connectivity index (χ3v) is 4.02. The molecule has 0 aliphatic carbocycles. The summed E-state index contributed by atoms with van der Waals surface area (Å²) in [6, 6.07) is 6.25. The zero-order valence-electron chi connectivity index (χ0n) is 16.7. The molecule has 0 fully saturated rings. The molecule has 8 nitrogen and oxygen atoms in total. The summed E-state index contributed by atoms with van der Waals surface area (Å²) in [5.41, 5.74) is 1.45. The van der Waals surface area contributed by atoms with Crippen LogP contribution in [0.2, 0.25) is 0 Å². The minimum Gasteiger partial charge on any atom is -0.494 e. The molecule has 0 heterocycles. The maximum atomic E-state index is 11.7. The largest absolute Gasteiger partial charge is 0.494 e. The Hall–Kier alpha value is -3.42. The normalized spacial score (nSPS) is 10.6. The van der Waals surface area contributed by atoms with Gasteiger partial charge in [0.25, 0.3) is 0 Å². The van der Waals surface area contributed by atoms with Crippen LogP contribution in [0.4, 0.5) is 11.4 Å². The first-order valence-electron chi connectivity index (χ1n) is 8.31. The molecule has 0 saturated heterocycles. The van der Waals surface area contributed by atoms with E-state index in [1.54, 1.807) is 24.3 Å². The van der Waals surface area contributed by atoms with Crippen LogP contribution in [-0.4, -0.2) is 40.0 Å². The van der Waals surface area contributed by atoms with Crippen molar-refractivity contribution in [1.82, 2.24) is 0 Å². The Labute approximate surface area is 163 Å². The SMILES string of the molecule is COc1cc(C(C)=O)cc(OC)c1/N=N/c1c(OC)cc(C(C)=O)cc1OC. The van der Waals surface area contributed by atoms with Gasteiger partial charge in [0.2, 0.25) is 0 Å². The molecule has 0 atom stereocenters. The summed E-state index contributed by atoms with van der Waals surface area (Å²) in [4.78, 5) is 23.4. The highest BCUT2D eigenvalue weighted by Gasteiger charge is 2.17. The van der Waals surface area contributed by atoms with Crippen LogP contribution < -0.4 is 18.9 Å². The number of carbonyl (C=O) groups is 2. The monoisotopic (exact) mass is 386 g/mol. The lowest BCUT2D eigenvalue weighted by Crippen LogP contribution is -1.97. The predicted octanol–water partition coefficient (Wildman–Crippen LogP) is 4.54. The van der Waals surface area contributed by atoms with Gasteiger partial charge in [-0.3, -0.25) is 9.59 Å². The number of ether oxygens (including phenoxy) is 4. The van der Waals surface area contributed by atoms with E-state index in [0.717, 1.165) is 0 Å². The maximum Gasteiger partial charge on any atom is 0.169 e. The number of benzene rings is 2. The van der Waals surface area contributed by atoms with Gasteiger partial charge in [-0.1, -0.05) is 0 Å². The van der Waals surface area contributed by atoms with Crippen molar-refractivity contribution in [3.05, 3.63) is 35.4 Å². The summed E-state index contributed by atoms with van der Waals surface area (Å²) >= 11 is 0. The number of methoxy groups -OCH3 is 4. The number of carbonyl (C=O) groups excluding carboxylic acids is 2. The van der Waals surface area contributed by atoms with Crippen LogP contribution in [0, 0.1) is 0 Å². The van der Waals surface area contributed by atoms with Crippen molar-refractivity contribution >= 4 is 22.9 Å². The van der Waals surface area contributed by atoms with E-state index in [9.17, 15) is 9.59 Å². The molecule has 0 aliphatic rings. The molecule has 2 aromatic carbocycles. The van der Waals surface area contributed by atoms with E-state index in [1.807, 2.05) is 0 Å². The Morgan fingerprint density at radius 3 is 1.04 bits per heavy atom. The third-order valence-electron chi connectivity index (χ3n) is 4.02. The Bertz CT molecular complexity index is 811. The predicted molar refractivity (Wildman–Crippen MR) is 103 cm³/mol. The van der Waals surface area contributed by atoms with Crippen molar-refractivity contribution in [3.63, 3.8) is 0 Å². The second-order valence-corrected chi connectivity index (χ2v) is 5.77. The fraction of sp³-hybridized carbons (Fsp3) is 0.300. The van der Waals surface area contributed by atoms with E-state index in [0.29, 0.717) is 45.5 Å². The van der Waals surface area contributed by atoms with Crippen molar-refractivity contribution < 1.29 is 28.5 Å². The van der Waals surface area contributed by atoms with Crippen molar-refractivity contribution in [3.8, 4) is 23.0 Å². The zero-order valence-corrected chi connectivity index (χ0v) is 16.7. The molecule has 0 amide bonds. The van der Waals surface area contributed by atoms with Gasteiger partial charge in [-0.25, -0.2) is 0 Å². The van der Waals surface area contributed by atoms with Crippen molar-refractivity contribution in [2.45, 2.75) is 13.8 Å². The highest BCUT2D eigenvalue weighted by atomic mass is 16.5. The number of Topliss-reactive ketones (excluding diaryl/α,β-unsaturated/α-hetero) is 2. The van der Waals surface area contributed by atoms with Gasteiger partial charge in [0.1, 0.15) is 0 Å². The average molecular weight is 386 g/mol. The van der Waals surface area contributed by atoms with Gasteiger partial charge in [-0.2, -0.15) is 0 Å². The Morgan fingerprint density at radius 2 is 0.857 bits per heavy atom. The lowest BCUT2D eigenvalue weighted by Gasteiger charge is -2.12. The standard InChI is InChI=1S/C20H22N2O6/c1-11(23)13-7-15(25-3)19(16(8-13)26-4)21-22-20-17(27-5)9-14(12(2)24)10-18(20)28-6/h7-10H,1-6H3/b22-21+. The van der Waals surface area contributed by atoms with E-state index >= 15 is 0 Å². The van der Waals surface area contributed by atoms with Crippen LogP contribution >= 0.6 is 0 Å². The van der Waals surface area contributed by atoms with Gasteiger partial charge in [-0.05, 0) is 38.1 Å². The molecule has 0 spiro atoms. The quantitative estimate of drug-likeness (QED) is 0.488. The summed E-state index contributed by atoms with van der Waals surface area (Å²) in [7, 11) is 5.84. The molecule has 0 radical (unpaired) electrons. The molecular weight excluding hydrogens is 364 g/mol. The molecule has 0 unspecified atom stereocenters. The molecule has 2 rings (SSSR count). The lowest BCUT2D eigenvalue weighted by atomic mass is 10.1. The minimum absolute atomic E-state index is 0.136. The van der Waals surface area contributed by atoms with Gasteiger partial charge >= 0.3 is 0 Å². The summed E-state index contributed by atoms with van der Waals surface area (Å²) in [5, 5.41) is 8.46. The second kappa shape index (κ2) is 8.98. The zero-order chi connectivity index (χ0) is 20.8. The molecule has 2 aromatic rings. The van der Waals surface area contributed by atoms with Gasteiger partial charge in [0, 0.05) is 11.1 Å². The van der Waals surface area contributed by atoms with Crippen LogP contribution in [0.3, 0.4) is 0 Å². The fourth-order valence-corrected chi connectivity index (χ4v) is 2.49. The fourth-order valence-electron chi connectivity index (χ4n) is 2.49. The van der Waals surface area contributed by atoms with E-state index in [2.05, 4.69) is 10.2 Å². The number of hydrogen-bond donors (Lipinski definition) is 0. The molecule has 0 aromatic heterocycles. The molecule has 0 N–H and O–H groups in total. The molecule has 0 aliphatic heterocycles. The topological polar surface area (TPSA) is 95.8 Å².